The molecule has 0 aliphatic carbocycles. The SMILES string of the molecule is Cc1cccc(OC[C@H](Cn2cnc3ccccc32)NC(=O)OC(C)(C)C)c1. The van der Waals surface area contributed by atoms with Gasteiger partial charge in [-0.3, -0.25) is 0 Å². The standard InChI is InChI=1S/C22H27N3O3/c1-16-8-7-9-18(12-16)27-14-17(24-21(26)28-22(2,3)4)13-25-15-23-19-10-5-6-11-20(19)25/h5-12,15,17H,13-14H2,1-4H3,(H,24,26)/t17-/m0/s1. The van der Waals surface area contributed by atoms with Crippen molar-refractivity contribution in [3.8, 4) is 5.75 Å². The number of alkyl carbamates (subject to hydrolysis) is 1. The molecule has 0 radical (unpaired) electrons. The first-order chi connectivity index (χ1) is 13.3. The van der Waals surface area contributed by atoms with Gasteiger partial charge in [-0.15, -0.1) is 0 Å². The Kier molecular flexibility index (Phi) is 5.87. The highest BCUT2D eigenvalue weighted by Gasteiger charge is 2.21. The first-order valence-electron chi connectivity index (χ1n) is 9.39. The Morgan fingerprint density at radius 1 is 1.18 bits per heavy atom. The van der Waals surface area contributed by atoms with E-state index < -0.39 is 11.7 Å². The number of ether oxygens (including phenoxy) is 2. The summed E-state index contributed by atoms with van der Waals surface area (Å²) in [6.45, 7) is 8.37. The Bertz CT molecular complexity index is 943. The number of imidazole rings is 1. The van der Waals surface area contributed by atoms with Crippen LogP contribution < -0.4 is 10.1 Å². The molecule has 1 N–H and O–H groups in total. The van der Waals surface area contributed by atoms with Crippen molar-refractivity contribution in [3.63, 3.8) is 0 Å². The molecule has 0 spiro atoms. The highest BCUT2D eigenvalue weighted by Crippen LogP contribution is 2.15. The van der Waals surface area contributed by atoms with E-state index in [-0.39, 0.29) is 6.04 Å². The third-order valence-electron chi connectivity index (χ3n) is 4.11. The van der Waals surface area contributed by atoms with E-state index in [2.05, 4.69) is 10.3 Å². The third-order valence-corrected chi connectivity index (χ3v) is 4.11. The third kappa shape index (κ3) is 5.49. The molecule has 6 nitrogen and oxygen atoms in total. The van der Waals surface area contributed by atoms with Crippen LogP contribution in [0, 0.1) is 6.92 Å². The quantitative estimate of drug-likeness (QED) is 0.691. The molecule has 2 aromatic carbocycles. The zero-order valence-corrected chi connectivity index (χ0v) is 16.8. The van der Waals surface area contributed by atoms with Gasteiger partial charge >= 0.3 is 6.09 Å². The van der Waals surface area contributed by atoms with Crippen LogP contribution in [0.15, 0.2) is 54.9 Å². The van der Waals surface area contributed by atoms with Crippen LogP contribution in [0.2, 0.25) is 0 Å². The number of carbonyl (C=O) groups is 1. The maximum atomic E-state index is 12.3. The minimum atomic E-state index is -0.562. The fraction of sp³-hybridized carbons (Fsp3) is 0.364. The molecule has 28 heavy (non-hydrogen) atoms. The van der Waals surface area contributed by atoms with Gasteiger partial charge in [-0.1, -0.05) is 24.3 Å². The molecule has 6 heteroatoms. The van der Waals surface area contributed by atoms with E-state index in [1.165, 1.54) is 0 Å². The van der Waals surface area contributed by atoms with E-state index in [4.69, 9.17) is 9.47 Å². The molecule has 1 aromatic heterocycles. The maximum Gasteiger partial charge on any atom is 0.408 e. The van der Waals surface area contributed by atoms with Gasteiger partial charge < -0.3 is 19.4 Å². The average molecular weight is 381 g/mol. The number of fused-ring (bicyclic) bond motifs is 1. The Morgan fingerprint density at radius 3 is 2.71 bits per heavy atom. The Hall–Kier alpha value is -3.02. The predicted octanol–water partition coefficient (Wildman–Crippen LogP) is 4.32. The predicted molar refractivity (Wildman–Crippen MR) is 110 cm³/mol. The number of rotatable bonds is 6. The number of aryl methyl sites for hydroxylation is 1. The summed E-state index contributed by atoms with van der Waals surface area (Å²) in [4.78, 5) is 16.7. The summed E-state index contributed by atoms with van der Waals surface area (Å²) < 4.78 is 13.4. The summed E-state index contributed by atoms with van der Waals surface area (Å²) in [5.74, 6) is 0.770. The summed E-state index contributed by atoms with van der Waals surface area (Å²) >= 11 is 0. The minimum absolute atomic E-state index is 0.284. The Balaban J connectivity index is 1.74. The van der Waals surface area contributed by atoms with Crippen LogP contribution in [0.5, 0.6) is 5.75 Å². The average Bonchev–Trinajstić information content (AvgIpc) is 3.01. The monoisotopic (exact) mass is 381 g/mol. The number of aromatic nitrogens is 2. The molecule has 0 bridgehead atoms. The molecule has 0 aliphatic heterocycles. The van der Waals surface area contributed by atoms with Gasteiger partial charge in [0.1, 0.15) is 18.0 Å². The molecule has 0 saturated heterocycles. The molecule has 1 amide bonds. The van der Waals surface area contributed by atoms with Crippen LogP contribution in [-0.2, 0) is 11.3 Å². The van der Waals surface area contributed by atoms with Gasteiger partial charge in [-0.05, 0) is 57.5 Å². The molecule has 0 aliphatic rings. The van der Waals surface area contributed by atoms with Crippen molar-refractivity contribution >= 4 is 17.1 Å². The fourth-order valence-corrected chi connectivity index (χ4v) is 2.91. The molecule has 1 heterocycles. The number of nitrogens with zero attached hydrogens (tertiary/aromatic N) is 2. The van der Waals surface area contributed by atoms with Gasteiger partial charge in [0.15, 0.2) is 0 Å². The summed E-state index contributed by atoms with van der Waals surface area (Å²) in [5, 5.41) is 2.93. The van der Waals surface area contributed by atoms with Crippen molar-refractivity contribution in [2.24, 2.45) is 0 Å². The lowest BCUT2D eigenvalue weighted by Gasteiger charge is -2.24. The second kappa shape index (κ2) is 8.33. The van der Waals surface area contributed by atoms with Gasteiger partial charge in [0.2, 0.25) is 0 Å². The smallest absolute Gasteiger partial charge is 0.408 e. The van der Waals surface area contributed by atoms with Crippen LogP contribution in [0.4, 0.5) is 4.79 Å². The first-order valence-corrected chi connectivity index (χ1v) is 9.39. The van der Waals surface area contributed by atoms with Crippen molar-refractivity contribution in [2.45, 2.75) is 45.9 Å². The number of para-hydroxylation sites is 2. The van der Waals surface area contributed by atoms with E-state index in [9.17, 15) is 4.79 Å². The number of hydrogen-bond donors (Lipinski definition) is 1. The van der Waals surface area contributed by atoms with E-state index in [0.717, 1.165) is 22.3 Å². The zero-order valence-electron chi connectivity index (χ0n) is 16.8. The molecule has 3 rings (SSSR count). The van der Waals surface area contributed by atoms with E-state index >= 15 is 0 Å². The first kappa shape index (κ1) is 19.7. The highest BCUT2D eigenvalue weighted by molar-refractivity contribution is 5.75. The normalized spacial score (nSPS) is 12.6. The number of benzene rings is 2. The van der Waals surface area contributed by atoms with Crippen LogP contribution >= 0.6 is 0 Å². The lowest BCUT2D eigenvalue weighted by atomic mass is 10.2. The van der Waals surface area contributed by atoms with Crippen molar-refractivity contribution in [1.29, 1.82) is 0 Å². The fourth-order valence-electron chi connectivity index (χ4n) is 2.91. The van der Waals surface area contributed by atoms with Gasteiger partial charge in [0.25, 0.3) is 0 Å². The maximum absolute atomic E-state index is 12.3. The zero-order chi connectivity index (χ0) is 20.1. The summed E-state index contributed by atoms with van der Waals surface area (Å²) in [5.41, 5.74) is 2.48. The second-order valence-corrected chi connectivity index (χ2v) is 7.86. The van der Waals surface area contributed by atoms with Crippen molar-refractivity contribution in [3.05, 3.63) is 60.4 Å². The van der Waals surface area contributed by atoms with Gasteiger partial charge in [-0.2, -0.15) is 0 Å². The molecule has 148 valence electrons. The molecule has 0 fully saturated rings. The van der Waals surface area contributed by atoms with Crippen molar-refractivity contribution in [2.75, 3.05) is 6.61 Å². The lowest BCUT2D eigenvalue weighted by Crippen LogP contribution is -2.44. The number of carbonyl (C=O) groups excluding carboxylic acids is 1. The largest absolute Gasteiger partial charge is 0.491 e. The lowest BCUT2D eigenvalue weighted by molar-refractivity contribution is 0.0481. The minimum Gasteiger partial charge on any atom is -0.491 e. The molecule has 3 aromatic rings. The summed E-state index contributed by atoms with van der Waals surface area (Å²) in [7, 11) is 0. The molecular formula is C22H27N3O3. The van der Waals surface area contributed by atoms with Crippen LogP contribution in [0.3, 0.4) is 0 Å². The highest BCUT2D eigenvalue weighted by atomic mass is 16.6. The van der Waals surface area contributed by atoms with Gasteiger partial charge in [-0.25, -0.2) is 9.78 Å². The van der Waals surface area contributed by atoms with Gasteiger partial charge in [0.05, 0.1) is 23.4 Å². The number of amides is 1. The molecule has 0 unspecified atom stereocenters. The van der Waals surface area contributed by atoms with Crippen molar-refractivity contribution in [1.82, 2.24) is 14.9 Å². The van der Waals surface area contributed by atoms with E-state index in [0.29, 0.717) is 13.2 Å². The summed E-state index contributed by atoms with van der Waals surface area (Å²) in [6, 6.07) is 15.5. The number of hydrogen-bond acceptors (Lipinski definition) is 4. The second-order valence-electron chi connectivity index (χ2n) is 7.86. The van der Waals surface area contributed by atoms with Gasteiger partial charge in [0, 0.05) is 6.54 Å². The number of nitrogens with one attached hydrogen (secondary N) is 1. The van der Waals surface area contributed by atoms with E-state index in [1.807, 2.05) is 80.8 Å². The molecule has 0 saturated carbocycles. The molecule has 1 atom stereocenters. The van der Waals surface area contributed by atoms with Crippen LogP contribution in [0.25, 0.3) is 11.0 Å². The van der Waals surface area contributed by atoms with Crippen molar-refractivity contribution < 1.29 is 14.3 Å². The Labute approximate surface area is 165 Å². The van der Waals surface area contributed by atoms with Crippen LogP contribution in [-0.4, -0.2) is 33.9 Å². The van der Waals surface area contributed by atoms with E-state index in [1.54, 1.807) is 6.33 Å². The van der Waals surface area contributed by atoms with Crippen LogP contribution in [0.1, 0.15) is 26.3 Å². The topological polar surface area (TPSA) is 65.4 Å². The summed E-state index contributed by atoms with van der Waals surface area (Å²) in [6.07, 6.45) is 1.32. The molecular weight excluding hydrogens is 354 g/mol. The Morgan fingerprint density at radius 2 is 1.96 bits per heavy atom.